The van der Waals surface area contributed by atoms with Crippen LogP contribution in [0.1, 0.15) is 58.1 Å². The number of carbonyl (C=O) groups excluding carboxylic acids is 1. The molecule has 1 aliphatic rings. The van der Waals surface area contributed by atoms with E-state index in [1.54, 1.807) is 0 Å². The van der Waals surface area contributed by atoms with Crippen molar-refractivity contribution in [3.8, 4) is 5.75 Å². The molecule has 5 rings (SSSR count). The molecule has 0 bridgehead atoms. The first kappa shape index (κ1) is 22.3. The SMILES string of the molecule is CCCCOc1cccc(C2c3c(oc4ccc(F)cc4c3=O)C(=O)N2c2nc(C)c(C)s2)c1. The molecule has 34 heavy (non-hydrogen) atoms. The molecule has 0 radical (unpaired) electrons. The molecule has 4 aromatic rings. The molecular weight excluding hydrogens is 455 g/mol. The van der Waals surface area contributed by atoms with E-state index in [1.165, 1.54) is 28.4 Å². The number of nitrogens with zero attached hydrogens (tertiary/aromatic N) is 2. The zero-order valence-electron chi connectivity index (χ0n) is 19.1. The third kappa shape index (κ3) is 3.68. The van der Waals surface area contributed by atoms with Gasteiger partial charge < -0.3 is 9.15 Å². The highest BCUT2D eigenvalue weighted by Crippen LogP contribution is 2.43. The van der Waals surface area contributed by atoms with Crippen LogP contribution in [0.4, 0.5) is 9.52 Å². The second-order valence-corrected chi connectivity index (χ2v) is 9.49. The second-order valence-electron chi connectivity index (χ2n) is 8.30. The number of aryl methyl sites for hydroxylation is 2. The fourth-order valence-electron chi connectivity index (χ4n) is 4.13. The van der Waals surface area contributed by atoms with Crippen molar-refractivity contribution in [3.63, 3.8) is 0 Å². The topological polar surface area (TPSA) is 72.6 Å². The van der Waals surface area contributed by atoms with Crippen LogP contribution in [-0.4, -0.2) is 17.5 Å². The van der Waals surface area contributed by atoms with Crippen LogP contribution in [0.2, 0.25) is 0 Å². The first-order valence-corrected chi connectivity index (χ1v) is 12.0. The third-order valence-corrected chi connectivity index (χ3v) is 7.07. The maximum atomic E-state index is 14.0. The molecule has 174 valence electrons. The van der Waals surface area contributed by atoms with E-state index in [1.807, 2.05) is 38.1 Å². The Kier molecular flexibility index (Phi) is 5.69. The number of rotatable bonds is 6. The molecule has 1 amide bonds. The van der Waals surface area contributed by atoms with E-state index in [2.05, 4.69) is 11.9 Å². The molecule has 1 atom stereocenters. The van der Waals surface area contributed by atoms with Gasteiger partial charge in [0, 0.05) is 4.88 Å². The average Bonchev–Trinajstić information content (AvgIpc) is 3.30. The zero-order valence-corrected chi connectivity index (χ0v) is 19.9. The van der Waals surface area contributed by atoms with Crippen molar-refractivity contribution >= 4 is 33.3 Å². The van der Waals surface area contributed by atoms with Crippen molar-refractivity contribution in [1.82, 2.24) is 4.98 Å². The number of aromatic nitrogens is 1. The summed E-state index contributed by atoms with van der Waals surface area (Å²) in [5.74, 6) is -0.393. The average molecular weight is 479 g/mol. The van der Waals surface area contributed by atoms with Crippen LogP contribution in [-0.2, 0) is 0 Å². The van der Waals surface area contributed by atoms with Crippen LogP contribution in [0, 0.1) is 19.7 Å². The summed E-state index contributed by atoms with van der Waals surface area (Å²) < 4.78 is 25.7. The van der Waals surface area contributed by atoms with Gasteiger partial charge in [-0.05, 0) is 56.2 Å². The maximum absolute atomic E-state index is 14.0. The largest absolute Gasteiger partial charge is 0.494 e. The molecule has 1 aliphatic heterocycles. The van der Waals surface area contributed by atoms with Crippen molar-refractivity contribution in [2.24, 2.45) is 0 Å². The van der Waals surface area contributed by atoms with Crippen molar-refractivity contribution in [2.45, 2.75) is 39.7 Å². The highest BCUT2D eigenvalue weighted by molar-refractivity contribution is 7.15. The minimum Gasteiger partial charge on any atom is -0.494 e. The molecule has 2 aromatic heterocycles. The second kappa shape index (κ2) is 8.68. The number of hydrogen-bond donors (Lipinski definition) is 0. The van der Waals surface area contributed by atoms with Gasteiger partial charge in [0.15, 0.2) is 10.6 Å². The summed E-state index contributed by atoms with van der Waals surface area (Å²) in [6, 6.07) is 10.3. The maximum Gasteiger partial charge on any atom is 0.297 e. The number of hydrogen-bond acceptors (Lipinski definition) is 6. The summed E-state index contributed by atoms with van der Waals surface area (Å²) >= 11 is 1.38. The summed E-state index contributed by atoms with van der Waals surface area (Å²) in [7, 11) is 0. The van der Waals surface area contributed by atoms with Gasteiger partial charge in [0.1, 0.15) is 17.1 Å². The molecule has 8 heteroatoms. The highest BCUT2D eigenvalue weighted by Gasteiger charge is 2.45. The Labute approximate surface area is 199 Å². The van der Waals surface area contributed by atoms with Gasteiger partial charge in [-0.3, -0.25) is 14.5 Å². The normalized spacial score (nSPS) is 15.2. The van der Waals surface area contributed by atoms with Crippen LogP contribution >= 0.6 is 11.3 Å². The number of ether oxygens (including phenoxy) is 1. The summed E-state index contributed by atoms with van der Waals surface area (Å²) in [5.41, 5.74) is 1.42. The Morgan fingerprint density at radius 2 is 2.00 bits per heavy atom. The Morgan fingerprint density at radius 1 is 1.18 bits per heavy atom. The van der Waals surface area contributed by atoms with Crippen molar-refractivity contribution in [2.75, 3.05) is 11.5 Å². The zero-order chi connectivity index (χ0) is 24.0. The van der Waals surface area contributed by atoms with Crippen LogP contribution in [0.25, 0.3) is 11.0 Å². The van der Waals surface area contributed by atoms with E-state index in [4.69, 9.17) is 9.15 Å². The molecule has 1 unspecified atom stereocenters. The number of unbranched alkanes of at least 4 members (excludes halogenated alkanes) is 1. The predicted octanol–water partition coefficient (Wildman–Crippen LogP) is 5.93. The van der Waals surface area contributed by atoms with Crippen LogP contribution in [0.3, 0.4) is 0 Å². The Morgan fingerprint density at radius 3 is 2.74 bits per heavy atom. The van der Waals surface area contributed by atoms with Crippen molar-refractivity contribution in [3.05, 3.63) is 86.0 Å². The van der Waals surface area contributed by atoms with Crippen LogP contribution in [0.15, 0.2) is 51.7 Å². The minimum atomic E-state index is -0.772. The van der Waals surface area contributed by atoms with E-state index in [9.17, 15) is 14.0 Å². The molecule has 0 fully saturated rings. The molecular formula is C26H23FN2O4S. The molecule has 0 aliphatic carbocycles. The van der Waals surface area contributed by atoms with Crippen LogP contribution in [0.5, 0.6) is 5.75 Å². The lowest BCUT2D eigenvalue weighted by Crippen LogP contribution is -2.29. The van der Waals surface area contributed by atoms with Crippen molar-refractivity contribution in [1.29, 1.82) is 0 Å². The Balaban J connectivity index is 1.72. The van der Waals surface area contributed by atoms with E-state index in [0.29, 0.717) is 23.1 Å². The number of halogens is 1. The fraction of sp³-hybridized carbons (Fsp3) is 0.269. The number of benzene rings is 2. The monoisotopic (exact) mass is 478 g/mol. The van der Waals surface area contributed by atoms with E-state index in [-0.39, 0.29) is 22.3 Å². The summed E-state index contributed by atoms with van der Waals surface area (Å²) in [4.78, 5) is 34.3. The van der Waals surface area contributed by atoms with Gasteiger partial charge in [-0.1, -0.05) is 25.5 Å². The van der Waals surface area contributed by atoms with Gasteiger partial charge in [0.2, 0.25) is 5.76 Å². The quantitative estimate of drug-likeness (QED) is 0.321. The van der Waals surface area contributed by atoms with E-state index < -0.39 is 23.2 Å². The highest BCUT2D eigenvalue weighted by atomic mass is 32.1. The number of amides is 1. The molecule has 0 spiro atoms. The first-order valence-electron chi connectivity index (χ1n) is 11.2. The van der Waals surface area contributed by atoms with E-state index in [0.717, 1.165) is 29.5 Å². The summed E-state index contributed by atoms with van der Waals surface area (Å²) in [6.45, 7) is 6.46. The smallest absolute Gasteiger partial charge is 0.297 e. The predicted molar refractivity (Wildman–Crippen MR) is 130 cm³/mol. The number of anilines is 1. The molecule has 0 N–H and O–H groups in total. The third-order valence-electron chi connectivity index (χ3n) is 6.00. The van der Waals surface area contributed by atoms with Gasteiger partial charge >= 0.3 is 0 Å². The minimum absolute atomic E-state index is 0.0445. The standard InChI is InChI=1S/C26H23FN2O4S/c1-4-5-11-32-18-8-6-7-16(12-18)22-21-23(30)19-13-17(27)9-10-20(19)33-24(21)25(31)29(22)26-28-14(2)15(3)34-26/h6-10,12-13,22H,4-5,11H2,1-3H3. The molecule has 0 saturated carbocycles. The Hall–Kier alpha value is -3.52. The lowest BCUT2D eigenvalue weighted by atomic mass is 9.98. The number of fused-ring (bicyclic) bond motifs is 2. The molecule has 0 saturated heterocycles. The van der Waals surface area contributed by atoms with Gasteiger partial charge in [-0.15, -0.1) is 11.3 Å². The van der Waals surface area contributed by atoms with Gasteiger partial charge in [-0.25, -0.2) is 9.37 Å². The molecule has 6 nitrogen and oxygen atoms in total. The first-order chi connectivity index (χ1) is 16.4. The van der Waals surface area contributed by atoms with Gasteiger partial charge in [-0.2, -0.15) is 0 Å². The van der Waals surface area contributed by atoms with E-state index >= 15 is 0 Å². The van der Waals surface area contributed by atoms with Gasteiger partial charge in [0.05, 0.1) is 29.3 Å². The van der Waals surface area contributed by atoms with Crippen molar-refractivity contribution < 1.29 is 18.3 Å². The van der Waals surface area contributed by atoms with Gasteiger partial charge in [0.25, 0.3) is 5.91 Å². The molecule has 3 heterocycles. The number of carbonyl (C=O) groups is 1. The lowest BCUT2D eigenvalue weighted by molar-refractivity contribution is 0.0971. The lowest BCUT2D eigenvalue weighted by Gasteiger charge is -2.23. The van der Waals surface area contributed by atoms with Crippen LogP contribution < -0.4 is 15.1 Å². The number of thiazole rings is 1. The summed E-state index contributed by atoms with van der Waals surface area (Å²) in [5, 5.41) is 0.573. The Bertz CT molecular complexity index is 1460. The fourth-order valence-corrected chi connectivity index (χ4v) is 5.06. The molecule has 2 aromatic carbocycles. The summed E-state index contributed by atoms with van der Waals surface area (Å²) in [6.07, 6.45) is 1.92.